The van der Waals surface area contributed by atoms with Crippen LogP contribution < -0.4 is 28.5 Å². The van der Waals surface area contributed by atoms with Crippen LogP contribution in [0.2, 0.25) is 0 Å². The minimum atomic E-state index is 0. The summed E-state index contributed by atoms with van der Waals surface area (Å²) >= 11 is 0. The predicted octanol–water partition coefficient (Wildman–Crippen LogP) is 5.92. The summed E-state index contributed by atoms with van der Waals surface area (Å²) in [6.07, 6.45) is 16.4. The van der Waals surface area contributed by atoms with Crippen molar-refractivity contribution in [2.75, 3.05) is 13.1 Å². The maximum atomic E-state index is 2.37. The van der Waals surface area contributed by atoms with Crippen molar-refractivity contribution < 1.29 is 24.0 Å². The first kappa shape index (κ1) is 28.2. The number of hydrogen-bond donors (Lipinski definition) is 0. The third kappa shape index (κ3) is 11.0. The summed E-state index contributed by atoms with van der Waals surface area (Å²) in [5, 5.41) is 0. The van der Waals surface area contributed by atoms with Crippen LogP contribution in [0.15, 0.2) is 60.7 Å². The Morgan fingerprint density at radius 2 is 0.935 bits per heavy atom. The molecule has 0 atom stereocenters. The first-order valence-corrected chi connectivity index (χ1v) is 12.8. The van der Waals surface area contributed by atoms with Crippen LogP contribution in [0.4, 0.5) is 5.69 Å². The lowest BCUT2D eigenvalue weighted by molar-refractivity contribution is -0.00000647. The van der Waals surface area contributed by atoms with E-state index in [0.29, 0.717) is 0 Å². The predicted molar refractivity (Wildman–Crippen MR) is 135 cm³/mol. The number of hydrogen-bond acceptors (Lipinski definition) is 0. The Kier molecular flexibility index (Phi) is 16.0. The first-order valence-electron chi connectivity index (χ1n) is 12.8. The Balaban J connectivity index is 0.00000480. The van der Waals surface area contributed by atoms with Gasteiger partial charge in [-0.15, -0.1) is 0 Å². The van der Waals surface area contributed by atoms with Crippen molar-refractivity contribution in [3.63, 3.8) is 0 Å². The molecule has 0 saturated heterocycles. The standard InChI is InChI=1S/C29H46N.HI/c1-3-5-7-9-11-19-25-30(29-23-17-14-18-24-29,26-20-12-10-8-6-4-2)27-28-21-15-13-16-22-28;/h13-18,21-24H,3-12,19-20,25-27H2,1-2H3;1H/q+1;/p-1. The number of rotatable bonds is 17. The van der Waals surface area contributed by atoms with Gasteiger partial charge in [0.1, 0.15) is 12.2 Å². The van der Waals surface area contributed by atoms with Crippen molar-refractivity contribution in [2.45, 2.75) is 97.4 Å². The number of halogens is 1. The molecule has 0 aromatic heterocycles. The quantitative estimate of drug-likeness (QED) is 0.134. The molecule has 0 heterocycles. The molecule has 0 fully saturated rings. The smallest absolute Gasteiger partial charge is 0.133 e. The van der Waals surface area contributed by atoms with Crippen LogP contribution in [0.25, 0.3) is 0 Å². The largest absolute Gasteiger partial charge is 1.00 e. The van der Waals surface area contributed by atoms with Gasteiger partial charge >= 0.3 is 0 Å². The fraction of sp³-hybridized carbons (Fsp3) is 0.586. The van der Waals surface area contributed by atoms with E-state index in [2.05, 4.69) is 74.5 Å². The molecule has 2 aromatic carbocycles. The zero-order valence-electron chi connectivity index (χ0n) is 20.2. The van der Waals surface area contributed by atoms with Crippen LogP contribution in [0.5, 0.6) is 0 Å². The number of unbranched alkanes of at least 4 members (excludes halogenated alkanes) is 10. The summed E-state index contributed by atoms with van der Waals surface area (Å²) in [6, 6.07) is 22.5. The molecule has 0 N–H and O–H groups in total. The van der Waals surface area contributed by atoms with E-state index >= 15 is 0 Å². The third-order valence-electron chi connectivity index (χ3n) is 6.51. The van der Waals surface area contributed by atoms with Crippen molar-refractivity contribution >= 4 is 5.69 Å². The van der Waals surface area contributed by atoms with Crippen molar-refractivity contribution in [3.05, 3.63) is 66.2 Å². The molecule has 0 bridgehead atoms. The van der Waals surface area contributed by atoms with Gasteiger partial charge in [-0.25, -0.2) is 0 Å². The maximum Gasteiger partial charge on any atom is 0.133 e. The average Bonchev–Trinajstić information content (AvgIpc) is 2.79. The van der Waals surface area contributed by atoms with E-state index in [1.165, 1.54) is 101 Å². The zero-order chi connectivity index (χ0) is 21.3. The lowest BCUT2D eigenvalue weighted by atomic mass is 10.0. The van der Waals surface area contributed by atoms with Gasteiger partial charge in [0.15, 0.2) is 0 Å². The second-order valence-electron chi connectivity index (χ2n) is 9.11. The van der Waals surface area contributed by atoms with E-state index in [1.807, 2.05) is 0 Å². The van der Waals surface area contributed by atoms with Crippen molar-refractivity contribution in [3.8, 4) is 0 Å². The minimum absolute atomic E-state index is 0. The molecule has 174 valence electrons. The summed E-state index contributed by atoms with van der Waals surface area (Å²) in [7, 11) is 0. The molecule has 0 radical (unpaired) electrons. The molecule has 0 aliphatic heterocycles. The van der Waals surface area contributed by atoms with Crippen molar-refractivity contribution in [2.24, 2.45) is 0 Å². The summed E-state index contributed by atoms with van der Waals surface area (Å²) in [5.74, 6) is 0. The third-order valence-corrected chi connectivity index (χ3v) is 6.51. The van der Waals surface area contributed by atoms with E-state index in [-0.39, 0.29) is 24.0 Å². The molecule has 0 spiro atoms. The highest BCUT2D eigenvalue weighted by Gasteiger charge is 2.29. The molecular formula is C29H46IN. The monoisotopic (exact) mass is 535 g/mol. The van der Waals surface area contributed by atoms with E-state index < -0.39 is 0 Å². The van der Waals surface area contributed by atoms with Gasteiger partial charge in [-0.1, -0.05) is 114 Å². The Bertz CT molecular complexity index is 624. The molecule has 2 aromatic rings. The molecule has 0 aliphatic rings. The molecule has 0 amide bonds. The van der Waals surface area contributed by atoms with Gasteiger partial charge < -0.3 is 24.0 Å². The number of quaternary nitrogens is 1. The lowest BCUT2D eigenvalue weighted by Crippen LogP contribution is -3.00. The molecule has 0 unspecified atom stereocenters. The fourth-order valence-corrected chi connectivity index (χ4v) is 4.69. The van der Waals surface area contributed by atoms with Crippen LogP contribution in [-0.2, 0) is 6.54 Å². The maximum absolute atomic E-state index is 2.37. The molecule has 31 heavy (non-hydrogen) atoms. The van der Waals surface area contributed by atoms with Crippen molar-refractivity contribution in [1.82, 2.24) is 4.48 Å². The van der Waals surface area contributed by atoms with Gasteiger partial charge in [0, 0.05) is 5.56 Å². The lowest BCUT2D eigenvalue weighted by Gasteiger charge is -2.39. The van der Waals surface area contributed by atoms with E-state index in [0.717, 1.165) is 11.0 Å². The Labute approximate surface area is 210 Å². The number of benzene rings is 2. The topological polar surface area (TPSA) is 0 Å². The number of nitrogens with zero attached hydrogens (tertiary/aromatic N) is 1. The van der Waals surface area contributed by atoms with Crippen molar-refractivity contribution in [1.29, 1.82) is 0 Å². The van der Waals surface area contributed by atoms with Gasteiger partial charge in [-0.3, -0.25) is 4.48 Å². The first-order chi connectivity index (χ1) is 14.8. The van der Waals surface area contributed by atoms with Gasteiger partial charge in [-0.2, -0.15) is 0 Å². The molecule has 2 rings (SSSR count). The van der Waals surface area contributed by atoms with Crippen LogP contribution in [-0.4, -0.2) is 13.1 Å². The van der Waals surface area contributed by atoms with Gasteiger partial charge in [0.05, 0.1) is 13.1 Å². The highest BCUT2D eigenvalue weighted by Crippen LogP contribution is 2.29. The Morgan fingerprint density at radius 1 is 0.516 bits per heavy atom. The molecular weight excluding hydrogens is 489 g/mol. The SMILES string of the molecule is CCCCCCCC[N+](CCCCCCCC)(Cc1ccccc1)c1ccccc1.[I-]. The summed E-state index contributed by atoms with van der Waals surface area (Å²) in [5.41, 5.74) is 2.97. The molecule has 2 heteroatoms. The van der Waals surface area contributed by atoms with Crippen LogP contribution in [0, 0.1) is 0 Å². The Hall–Kier alpha value is -0.870. The zero-order valence-corrected chi connectivity index (χ0v) is 22.4. The molecule has 0 aliphatic carbocycles. The fourth-order valence-electron chi connectivity index (χ4n) is 4.69. The second kappa shape index (κ2) is 17.7. The summed E-state index contributed by atoms with van der Waals surface area (Å²) in [4.78, 5) is 0. The summed E-state index contributed by atoms with van der Waals surface area (Å²) < 4.78 is 1.12. The van der Waals surface area contributed by atoms with Gasteiger partial charge in [-0.05, 0) is 37.8 Å². The average molecular weight is 536 g/mol. The van der Waals surface area contributed by atoms with E-state index in [4.69, 9.17) is 0 Å². The van der Waals surface area contributed by atoms with E-state index in [9.17, 15) is 0 Å². The van der Waals surface area contributed by atoms with Crippen LogP contribution >= 0.6 is 0 Å². The van der Waals surface area contributed by atoms with Gasteiger partial charge in [0.25, 0.3) is 0 Å². The normalized spacial score (nSPS) is 11.3. The minimum Gasteiger partial charge on any atom is -1.00 e. The second-order valence-corrected chi connectivity index (χ2v) is 9.11. The molecule has 1 nitrogen and oxygen atoms in total. The molecule has 0 saturated carbocycles. The highest BCUT2D eigenvalue weighted by molar-refractivity contribution is 5.43. The van der Waals surface area contributed by atoms with Crippen LogP contribution in [0.3, 0.4) is 0 Å². The number of para-hydroxylation sites is 1. The van der Waals surface area contributed by atoms with Crippen LogP contribution in [0.1, 0.15) is 96.5 Å². The van der Waals surface area contributed by atoms with Gasteiger partial charge in [0.2, 0.25) is 0 Å². The Morgan fingerprint density at radius 3 is 1.42 bits per heavy atom. The highest BCUT2D eigenvalue weighted by atomic mass is 127. The summed E-state index contributed by atoms with van der Waals surface area (Å²) in [6.45, 7) is 8.25. The van der Waals surface area contributed by atoms with E-state index in [1.54, 1.807) is 0 Å².